The molecule has 2 heterocycles. The SMILES string of the molecule is Cc1[nH]c2ccccc2c1C(=O)/C(C#N)=C/C1=Cc2cc(Cl)ccc2OC1. The standard InChI is InChI=1S/C22H15ClN2O2/c1-13-21(18-4-2-3-5-19(18)25-13)22(26)16(11-24)9-14-8-15-10-17(23)6-7-20(15)27-12-14/h2-10,25H,12H2,1H3/b16-9+. The van der Waals surface area contributed by atoms with Crippen molar-refractivity contribution in [1.29, 1.82) is 5.26 Å². The molecule has 1 aliphatic rings. The van der Waals surface area contributed by atoms with Gasteiger partial charge in [0, 0.05) is 27.2 Å². The number of nitrogens with zero attached hydrogens (tertiary/aromatic N) is 1. The molecule has 5 heteroatoms. The molecule has 0 spiro atoms. The molecule has 132 valence electrons. The number of hydrogen-bond donors (Lipinski definition) is 1. The van der Waals surface area contributed by atoms with E-state index in [0.717, 1.165) is 33.5 Å². The molecule has 2 aromatic carbocycles. The van der Waals surface area contributed by atoms with E-state index in [-0.39, 0.29) is 11.4 Å². The number of aromatic amines is 1. The van der Waals surface area contributed by atoms with Gasteiger partial charge in [-0.3, -0.25) is 4.79 Å². The largest absolute Gasteiger partial charge is 0.488 e. The van der Waals surface area contributed by atoms with Crippen LogP contribution in [0, 0.1) is 18.3 Å². The molecular weight excluding hydrogens is 360 g/mol. The maximum atomic E-state index is 13.0. The molecule has 0 atom stereocenters. The van der Waals surface area contributed by atoms with Crippen LogP contribution in [0.4, 0.5) is 0 Å². The first kappa shape index (κ1) is 17.1. The van der Waals surface area contributed by atoms with E-state index in [1.54, 1.807) is 24.3 Å². The highest BCUT2D eigenvalue weighted by molar-refractivity contribution is 6.30. The number of carbonyl (C=O) groups is 1. The second-order valence-electron chi connectivity index (χ2n) is 6.36. The number of nitrogens with one attached hydrogen (secondary N) is 1. The van der Waals surface area contributed by atoms with Gasteiger partial charge in [-0.1, -0.05) is 29.8 Å². The van der Waals surface area contributed by atoms with Crippen molar-refractivity contribution in [2.45, 2.75) is 6.92 Å². The third kappa shape index (κ3) is 3.14. The van der Waals surface area contributed by atoms with Crippen LogP contribution in [0.25, 0.3) is 17.0 Å². The van der Waals surface area contributed by atoms with Crippen LogP contribution in [0.2, 0.25) is 5.02 Å². The number of ether oxygens (including phenoxy) is 1. The molecule has 1 aliphatic heterocycles. The monoisotopic (exact) mass is 374 g/mol. The lowest BCUT2D eigenvalue weighted by molar-refractivity contribution is 0.104. The maximum absolute atomic E-state index is 13.0. The summed E-state index contributed by atoms with van der Waals surface area (Å²) in [5, 5.41) is 11.0. The summed E-state index contributed by atoms with van der Waals surface area (Å²) < 4.78 is 5.70. The van der Waals surface area contributed by atoms with E-state index in [1.807, 2.05) is 43.3 Å². The molecule has 1 aromatic heterocycles. The number of Topliss-reactive ketones (excluding diaryl/α,β-unsaturated/α-hetero) is 1. The number of ketones is 1. The number of fused-ring (bicyclic) bond motifs is 2. The summed E-state index contributed by atoms with van der Waals surface area (Å²) in [6.07, 6.45) is 3.48. The number of halogens is 1. The normalized spacial score (nSPS) is 13.5. The Hall–Kier alpha value is -3.29. The van der Waals surface area contributed by atoms with E-state index >= 15 is 0 Å². The molecule has 0 saturated heterocycles. The summed E-state index contributed by atoms with van der Waals surface area (Å²) in [5.41, 5.74) is 3.79. The molecule has 0 amide bonds. The van der Waals surface area contributed by atoms with Crippen LogP contribution in [0.3, 0.4) is 0 Å². The molecule has 3 aromatic rings. The Labute approximate surface area is 161 Å². The molecule has 27 heavy (non-hydrogen) atoms. The minimum Gasteiger partial charge on any atom is -0.488 e. The van der Waals surface area contributed by atoms with Crippen molar-refractivity contribution in [3.8, 4) is 11.8 Å². The summed E-state index contributed by atoms with van der Waals surface area (Å²) in [5.74, 6) is 0.430. The van der Waals surface area contributed by atoms with Gasteiger partial charge in [0.1, 0.15) is 24.0 Å². The highest BCUT2D eigenvalue weighted by Crippen LogP contribution is 2.30. The molecular formula is C22H15ClN2O2. The van der Waals surface area contributed by atoms with Gasteiger partial charge in [0.25, 0.3) is 0 Å². The minimum atomic E-state index is -0.301. The highest BCUT2D eigenvalue weighted by Gasteiger charge is 2.20. The van der Waals surface area contributed by atoms with Crippen LogP contribution < -0.4 is 4.74 Å². The first-order valence-electron chi connectivity index (χ1n) is 8.43. The second-order valence-corrected chi connectivity index (χ2v) is 6.80. The highest BCUT2D eigenvalue weighted by atomic mass is 35.5. The van der Waals surface area contributed by atoms with Gasteiger partial charge >= 0.3 is 0 Å². The number of hydrogen-bond acceptors (Lipinski definition) is 3. The third-order valence-electron chi connectivity index (χ3n) is 4.52. The average molecular weight is 375 g/mol. The van der Waals surface area contributed by atoms with Crippen LogP contribution in [-0.2, 0) is 0 Å². The molecule has 0 unspecified atom stereocenters. The third-order valence-corrected chi connectivity index (χ3v) is 4.76. The van der Waals surface area contributed by atoms with Crippen LogP contribution in [0.1, 0.15) is 21.6 Å². The van der Waals surface area contributed by atoms with Crippen molar-refractivity contribution in [2.24, 2.45) is 0 Å². The average Bonchev–Trinajstić information content (AvgIpc) is 3.00. The van der Waals surface area contributed by atoms with Crippen LogP contribution >= 0.6 is 11.6 Å². The number of benzene rings is 2. The van der Waals surface area contributed by atoms with E-state index in [4.69, 9.17) is 16.3 Å². The van der Waals surface area contributed by atoms with E-state index in [9.17, 15) is 10.1 Å². The Balaban J connectivity index is 1.75. The van der Waals surface area contributed by atoms with Gasteiger partial charge in [-0.05, 0) is 48.9 Å². The van der Waals surface area contributed by atoms with Crippen LogP contribution in [-0.4, -0.2) is 17.4 Å². The fraction of sp³-hybridized carbons (Fsp3) is 0.0909. The van der Waals surface area contributed by atoms with E-state index < -0.39 is 0 Å². The number of allylic oxidation sites excluding steroid dienone is 1. The number of para-hydroxylation sites is 1. The number of aromatic nitrogens is 1. The van der Waals surface area contributed by atoms with Gasteiger partial charge in [-0.25, -0.2) is 0 Å². The molecule has 1 N–H and O–H groups in total. The van der Waals surface area contributed by atoms with Gasteiger partial charge in [-0.2, -0.15) is 5.26 Å². The quantitative estimate of drug-likeness (QED) is 0.387. The number of rotatable bonds is 3. The lowest BCUT2D eigenvalue weighted by Crippen LogP contribution is -2.09. The van der Waals surface area contributed by atoms with Crippen molar-refractivity contribution in [3.05, 3.63) is 81.5 Å². The smallest absolute Gasteiger partial charge is 0.205 e. The molecule has 4 nitrogen and oxygen atoms in total. The lowest BCUT2D eigenvalue weighted by atomic mass is 9.98. The van der Waals surface area contributed by atoms with E-state index in [2.05, 4.69) is 4.98 Å². The minimum absolute atomic E-state index is 0.0724. The summed E-state index contributed by atoms with van der Waals surface area (Å²) in [4.78, 5) is 16.2. The Morgan fingerprint density at radius 1 is 1.30 bits per heavy atom. The summed E-state index contributed by atoms with van der Waals surface area (Å²) in [7, 11) is 0. The number of carbonyl (C=O) groups excluding carboxylic acids is 1. The van der Waals surface area contributed by atoms with Crippen molar-refractivity contribution in [3.63, 3.8) is 0 Å². The van der Waals surface area contributed by atoms with Crippen molar-refractivity contribution >= 4 is 34.4 Å². The zero-order valence-electron chi connectivity index (χ0n) is 14.5. The predicted octanol–water partition coefficient (Wildman–Crippen LogP) is 5.24. The van der Waals surface area contributed by atoms with Gasteiger partial charge < -0.3 is 9.72 Å². The van der Waals surface area contributed by atoms with Crippen molar-refractivity contribution in [1.82, 2.24) is 4.98 Å². The van der Waals surface area contributed by atoms with Crippen molar-refractivity contribution < 1.29 is 9.53 Å². The second kappa shape index (κ2) is 6.79. The van der Waals surface area contributed by atoms with E-state index in [0.29, 0.717) is 17.2 Å². The summed E-state index contributed by atoms with van der Waals surface area (Å²) >= 11 is 6.04. The predicted molar refractivity (Wildman–Crippen MR) is 106 cm³/mol. The zero-order valence-corrected chi connectivity index (χ0v) is 15.3. The zero-order chi connectivity index (χ0) is 19.0. The number of nitriles is 1. The Kier molecular flexibility index (Phi) is 4.31. The molecule has 0 aliphatic carbocycles. The number of aryl methyl sites for hydroxylation is 1. The van der Waals surface area contributed by atoms with Crippen LogP contribution in [0.5, 0.6) is 5.75 Å². The number of H-pyrrole nitrogens is 1. The first-order chi connectivity index (χ1) is 13.1. The van der Waals surface area contributed by atoms with Crippen molar-refractivity contribution in [2.75, 3.05) is 6.61 Å². The summed E-state index contributed by atoms with van der Waals surface area (Å²) in [6.45, 7) is 2.13. The van der Waals surface area contributed by atoms with Gasteiger partial charge in [-0.15, -0.1) is 0 Å². The maximum Gasteiger partial charge on any atom is 0.205 e. The van der Waals surface area contributed by atoms with E-state index in [1.165, 1.54) is 0 Å². The Bertz CT molecular complexity index is 1180. The fourth-order valence-corrected chi connectivity index (χ4v) is 3.47. The van der Waals surface area contributed by atoms with Crippen LogP contribution in [0.15, 0.2) is 59.7 Å². The molecule has 0 radical (unpaired) electrons. The fourth-order valence-electron chi connectivity index (χ4n) is 3.29. The molecule has 0 fully saturated rings. The Morgan fingerprint density at radius 2 is 2.11 bits per heavy atom. The molecule has 0 bridgehead atoms. The lowest BCUT2D eigenvalue weighted by Gasteiger charge is -2.16. The first-order valence-corrected chi connectivity index (χ1v) is 8.81. The topological polar surface area (TPSA) is 65.9 Å². The van der Waals surface area contributed by atoms with Gasteiger partial charge in [0.15, 0.2) is 0 Å². The Morgan fingerprint density at radius 3 is 2.93 bits per heavy atom. The summed E-state index contributed by atoms with van der Waals surface area (Å²) in [6, 6.07) is 15.0. The molecule has 4 rings (SSSR count). The molecule has 0 saturated carbocycles. The van der Waals surface area contributed by atoms with Gasteiger partial charge in [0.05, 0.1) is 5.56 Å². The van der Waals surface area contributed by atoms with Gasteiger partial charge in [0.2, 0.25) is 5.78 Å².